The molecule has 0 aliphatic carbocycles. The van der Waals surface area contributed by atoms with Crippen LogP contribution in [-0.2, 0) is 12.3 Å². The Hall–Kier alpha value is -0.780. The van der Waals surface area contributed by atoms with E-state index < -0.39 is 0 Å². The van der Waals surface area contributed by atoms with Gasteiger partial charge in [0.05, 0.1) is 15.9 Å². The fourth-order valence-corrected chi connectivity index (χ4v) is 3.56. The van der Waals surface area contributed by atoms with Gasteiger partial charge in [-0.25, -0.2) is 0 Å². The lowest BCUT2D eigenvalue weighted by atomic mass is 10.1. The first kappa shape index (κ1) is 15.6. The zero-order valence-corrected chi connectivity index (χ0v) is 14.5. The van der Waals surface area contributed by atoms with Crippen molar-refractivity contribution in [3.8, 4) is 0 Å². The number of thioether (sulfide) groups is 1. The van der Waals surface area contributed by atoms with Gasteiger partial charge in [0, 0.05) is 23.2 Å². The summed E-state index contributed by atoms with van der Waals surface area (Å²) in [6.07, 6.45) is 0. The van der Waals surface area contributed by atoms with Crippen LogP contribution in [0.1, 0.15) is 36.8 Å². The van der Waals surface area contributed by atoms with Gasteiger partial charge >= 0.3 is 0 Å². The van der Waals surface area contributed by atoms with Gasteiger partial charge in [-0.2, -0.15) is 5.10 Å². The molecular formula is C15H20BrN3S. The highest BCUT2D eigenvalue weighted by Gasteiger charge is 2.12. The highest BCUT2D eigenvalue weighted by Crippen LogP contribution is 2.29. The lowest BCUT2D eigenvalue weighted by Crippen LogP contribution is -2.04. The molecule has 0 radical (unpaired) electrons. The van der Waals surface area contributed by atoms with E-state index in [1.807, 2.05) is 25.6 Å². The molecule has 0 aliphatic rings. The molecule has 1 unspecified atom stereocenters. The number of nitrogens with zero attached hydrogens (tertiary/aromatic N) is 2. The first-order valence-electron chi connectivity index (χ1n) is 6.73. The Kier molecular flexibility index (Phi) is 5.29. The van der Waals surface area contributed by atoms with E-state index in [2.05, 4.69) is 56.9 Å². The number of aryl methyl sites for hydroxylation is 2. The Labute approximate surface area is 133 Å². The molecule has 0 saturated heterocycles. The second kappa shape index (κ2) is 6.78. The molecule has 5 heteroatoms. The van der Waals surface area contributed by atoms with Gasteiger partial charge in [0.25, 0.3) is 0 Å². The minimum absolute atomic E-state index is 0.0902. The maximum atomic E-state index is 5.86. The normalized spacial score (nSPS) is 12.7. The van der Waals surface area contributed by atoms with Gasteiger partial charge in [-0.05, 0) is 54.4 Å². The van der Waals surface area contributed by atoms with Crippen molar-refractivity contribution in [3.05, 3.63) is 45.7 Å². The first-order chi connectivity index (χ1) is 9.52. The minimum Gasteiger partial charge on any atom is -0.324 e. The topological polar surface area (TPSA) is 43.8 Å². The summed E-state index contributed by atoms with van der Waals surface area (Å²) in [6, 6.07) is 8.56. The maximum absolute atomic E-state index is 5.86. The highest BCUT2D eigenvalue weighted by atomic mass is 79.9. The minimum atomic E-state index is 0.0902. The molecule has 0 amide bonds. The Bertz CT molecular complexity index is 576. The van der Waals surface area contributed by atoms with Crippen molar-refractivity contribution in [2.75, 3.05) is 0 Å². The van der Waals surface area contributed by atoms with Crippen LogP contribution in [0.3, 0.4) is 0 Å². The summed E-state index contributed by atoms with van der Waals surface area (Å²) in [4.78, 5) is 1.25. The number of nitrogens with two attached hydrogens (primary N) is 1. The second-order valence-corrected chi connectivity index (χ2v) is 6.65. The SMILES string of the molecule is CCn1nc(C)c(Br)c1CSc1ccc(C(C)N)cc1. The summed E-state index contributed by atoms with van der Waals surface area (Å²) in [5.41, 5.74) is 9.33. The second-order valence-electron chi connectivity index (χ2n) is 4.81. The van der Waals surface area contributed by atoms with Crippen LogP contribution in [0.5, 0.6) is 0 Å². The predicted molar refractivity (Wildman–Crippen MR) is 88.9 cm³/mol. The Morgan fingerprint density at radius 1 is 1.35 bits per heavy atom. The van der Waals surface area contributed by atoms with Crippen molar-refractivity contribution < 1.29 is 0 Å². The largest absolute Gasteiger partial charge is 0.324 e. The zero-order valence-electron chi connectivity index (χ0n) is 12.1. The standard InChI is InChI=1S/C15H20BrN3S/c1-4-19-14(15(16)11(3)18-19)9-20-13-7-5-12(6-8-13)10(2)17/h5-8,10H,4,9,17H2,1-3H3. The van der Waals surface area contributed by atoms with Gasteiger partial charge in [0.15, 0.2) is 0 Å². The van der Waals surface area contributed by atoms with E-state index >= 15 is 0 Å². The van der Waals surface area contributed by atoms with Crippen molar-refractivity contribution in [2.24, 2.45) is 5.73 Å². The summed E-state index contributed by atoms with van der Waals surface area (Å²) in [5.74, 6) is 0.910. The van der Waals surface area contributed by atoms with E-state index in [1.165, 1.54) is 16.2 Å². The molecular weight excluding hydrogens is 334 g/mol. The number of rotatable bonds is 5. The van der Waals surface area contributed by atoms with Gasteiger partial charge in [0.2, 0.25) is 0 Å². The Balaban J connectivity index is 2.09. The summed E-state index contributed by atoms with van der Waals surface area (Å²) in [6.45, 7) is 7.04. The third-order valence-corrected chi connectivity index (χ3v) is 5.29. The molecule has 2 rings (SSSR count). The molecule has 0 saturated carbocycles. The van der Waals surface area contributed by atoms with E-state index in [9.17, 15) is 0 Å². The molecule has 0 fully saturated rings. The van der Waals surface area contributed by atoms with E-state index in [0.717, 1.165) is 22.5 Å². The van der Waals surface area contributed by atoms with Crippen molar-refractivity contribution >= 4 is 27.7 Å². The van der Waals surface area contributed by atoms with Crippen molar-refractivity contribution in [1.82, 2.24) is 9.78 Å². The van der Waals surface area contributed by atoms with Crippen LogP contribution in [0.15, 0.2) is 33.6 Å². The summed E-state index contributed by atoms with van der Waals surface area (Å²) >= 11 is 5.45. The lowest BCUT2D eigenvalue weighted by Gasteiger charge is -2.08. The molecule has 0 bridgehead atoms. The first-order valence-corrected chi connectivity index (χ1v) is 8.51. The molecule has 1 heterocycles. The maximum Gasteiger partial charge on any atom is 0.0739 e. The molecule has 20 heavy (non-hydrogen) atoms. The number of halogens is 1. The average molecular weight is 354 g/mol. The number of aromatic nitrogens is 2. The molecule has 1 aromatic heterocycles. The van der Waals surface area contributed by atoms with E-state index in [-0.39, 0.29) is 6.04 Å². The average Bonchev–Trinajstić information content (AvgIpc) is 2.72. The summed E-state index contributed by atoms with van der Waals surface area (Å²) in [5, 5.41) is 4.52. The molecule has 0 aliphatic heterocycles. The van der Waals surface area contributed by atoms with Gasteiger partial charge in [-0.3, -0.25) is 4.68 Å². The van der Waals surface area contributed by atoms with Crippen LogP contribution in [0.25, 0.3) is 0 Å². The van der Waals surface area contributed by atoms with Crippen molar-refractivity contribution in [1.29, 1.82) is 0 Å². The number of benzene rings is 1. The third-order valence-electron chi connectivity index (χ3n) is 3.23. The van der Waals surface area contributed by atoms with Crippen molar-refractivity contribution in [2.45, 2.75) is 44.0 Å². The monoisotopic (exact) mass is 353 g/mol. The van der Waals surface area contributed by atoms with E-state index in [1.54, 1.807) is 0 Å². The Morgan fingerprint density at radius 3 is 2.55 bits per heavy atom. The van der Waals surface area contributed by atoms with Crippen LogP contribution < -0.4 is 5.73 Å². The number of hydrogen-bond acceptors (Lipinski definition) is 3. The zero-order chi connectivity index (χ0) is 14.7. The van der Waals surface area contributed by atoms with Gasteiger partial charge in [-0.1, -0.05) is 12.1 Å². The van der Waals surface area contributed by atoms with Crippen LogP contribution >= 0.6 is 27.7 Å². The van der Waals surface area contributed by atoms with Crippen molar-refractivity contribution in [3.63, 3.8) is 0 Å². The van der Waals surface area contributed by atoms with Gasteiger partial charge in [0.1, 0.15) is 0 Å². The van der Waals surface area contributed by atoms with E-state index in [4.69, 9.17) is 5.73 Å². The van der Waals surface area contributed by atoms with Crippen LogP contribution in [0.2, 0.25) is 0 Å². The lowest BCUT2D eigenvalue weighted by molar-refractivity contribution is 0.631. The fraction of sp³-hybridized carbons (Fsp3) is 0.400. The quantitative estimate of drug-likeness (QED) is 0.815. The molecule has 2 N–H and O–H groups in total. The fourth-order valence-electron chi connectivity index (χ4n) is 2.03. The molecule has 0 spiro atoms. The highest BCUT2D eigenvalue weighted by molar-refractivity contribution is 9.10. The van der Waals surface area contributed by atoms with Crippen LogP contribution in [-0.4, -0.2) is 9.78 Å². The number of hydrogen-bond donors (Lipinski definition) is 1. The summed E-state index contributed by atoms with van der Waals surface area (Å²) in [7, 11) is 0. The van der Waals surface area contributed by atoms with Crippen LogP contribution in [0, 0.1) is 6.92 Å². The molecule has 3 nitrogen and oxygen atoms in total. The summed E-state index contributed by atoms with van der Waals surface area (Å²) < 4.78 is 3.18. The predicted octanol–water partition coefficient (Wildman–Crippen LogP) is 4.29. The van der Waals surface area contributed by atoms with Gasteiger partial charge < -0.3 is 5.73 Å². The van der Waals surface area contributed by atoms with Crippen LogP contribution in [0.4, 0.5) is 0 Å². The molecule has 108 valence electrons. The van der Waals surface area contributed by atoms with Gasteiger partial charge in [-0.15, -0.1) is 11.8 Å². The third kappa shape index (κ3) is 3.45. The molecule has 1 aromatic carbocycles. The Morgan fingerprint density at radius 2 is 2.00 bits per heavy atom. The molecule has 2 aromatic rings. The van der Waals surface area contributed by atoms with E-state index in [0.29, 0.717) is 0 Å². The smallest absolute Gasteiger partial charge is 0.0739 e. The molecule has 1 atom stereocenters.